The molecule has 0 unspecified atom stereocenters. The van der Waals surface area contributed by atoms with Crippen molar-refractivity contribution in [2.24, 2.45) is 0 Å². The van der Waals surface area contributed by atoms with E-state index in [1.807, 2.05) is 6.07 Å². The van der Waals surface area contributed by atoms with Gasteiger partial charge in [-0.1, -0.05) is 0 Å². The number of fused-ring (bicyclic) bond motifs is 1. The Bertz CT molecular complexity index is 369. The second-order valence-corrected chi connectivity index (χ2v) is 2.30. The lowest BCUT2D eigenvalue weighted by atomic mass is 10.4. The molecule has 0 aliphatic carbocycles. The van der Waals surface area contributed by atoms with Gasteiger partial charge in [-0.3, -0.25) is 0 Å². The fourth-order valence-corrected chi connectivity index (χ4v) is 1.12. The molecule has 2 radical (unpaired) electrons. The van der Waals surface area contributed by atoms with Crippen LogP contribution in [0.2, 0.25) is 0 Å². The monoisotopic (exact) mass is 164 g/mol. The van der Waals surface area contributed by atoms with Crippen LogP contribution >= 0.6 is 9.39 Å². The van der Waals surface area contributed by atoms with E-state index >= 15 is 0 Å². The van der Waals surface area contributed by atoms with Crippen molar-refractivity contribution in [1.82, 2.24) is 14.6 Å². The van der Waals surface area contributed by atoms with E-state index in [4.69, 9.17) is 0 Å². The van der Waals surface area contributed by atoms with Crippen LogP contribution in [0.25, 0.3) is 5.52 Å². The van der Waals surface area contributed by atoms with Crippen LogP contribution in [0.3, 0.4) is 0 Å². The lowest BCUT2D eigenvalue weighted by Crippen LogP contribution is -1.90. The average molecular weight is 164 g/mol. The smallest absolute Gasteiger partial charge is 0.117 e. The van der Waals surface area contributed by atoms with Gasteiger partial charge >= 0.3 is 0 Å². The molecule has 0 aliphatic heterocycles. The molecule has 4 nitrogen and oxygen atoms in total. The minimum atomic E-state index is 0.904. The lowest BCUT2D eigenvalue weighted by molar-refractivity contribution is 0.928. The summed E-state index contributed by atoms with van der Waals surface area (Å²) in [6.45, 7) is 0. The molecule has 54 valence electrons. The van der Waals surface area contributed by atoms with Crippen molar-refractivity contribution in [1.29, 1.82) is 0 Å². The maximum atomic E-state index is 4.03. The standard InChI is InChI=1S/C6H5N4P/c11-9-5-1-2-8-10-4-7-3-6(5)10/h1-4,9H. The molecule has 5 heteroatoms. The van der Waals surface area contributed by atoms with Gasteiger partial charge in [-0.05, 0) is 6.07 Å². The molecule has 0 atom stereocenters. The predicted octanol–water partition coefficient (Wildman–Crippen LogP) is 1.47. The summed E-state index contributed by atoms with van der Waals surface area (Å²) in [4.78, 5) is 3.94. The van der Waals surface area contributed by atoms with Crippen LogP contribution in [0.15, 0.2) is 24.8 Å². The Labute approximate surface area is 65.9 Å². The van der Waals surface area contributed by atoms with E-state index in [1.54, 1.807) is 23.2 Å². The van der Waals surface area contributed by atoms with Crippen LogP contribution < -0.4 is 5.09 Å². The number of aromatic nitrogens is 3. The molecule has 0 aromatic carbocycles. The number of nitrogens with zero attached hydrogens (tertiary/aromatic N) is 3. The summed E-state index contributed by atoms with van der Waals surface area (Å²) in [6, 6.07) is 1.84. The third kappa shape index (κ3) is 0.955. The molecule has 0 spiro atoms. The van der Waals surface area contributed by atoms with Crippen LogP contribution in [-0.2, 0) is 0 Å². The largest absolute Gasteiger partial charge is 0.352 e. The molecule has 0 aliphatic rings. The Hall–Kier alpha value is -1.15. The Kier molecular flexibility index (Phi) is 1.47. The van der Waals surface area contributed by atoms with E-state index < -0.39 is 0 Å². The van der Waals surface area contributed by atoms with Gasteiger partial charge in [-0.25, -0.2) is 9.50 Å². The first-order chi connectivity index (χ1) is 5.42. The van der Waals surface area contributed by atoms with Gasteiger partial charge in [0.15, 0.2) is 0 Å². The van der Waals surface area contributed by atoms with Gasteiger partial charge in [-0.15, -0.1) is 0 Å². The van der Waals surface area contributed by atoms with Gasteiger partial charge in [0, 0.05) is 0 Å². The van der Waals surface area contributed by atoms with Gasteiger partial charge in [0.25, 0.3) is 0 Å². The molecule has 2 rings (SSSR count). The van der Waals surface area contributed by atoms with Crippen LogP contribution in [0.5, 0.6) is 0 Å². The number of nitrogens with one attached hydrogen (secondary N) is 1. The van der Waals surface area contributed by atoms with Crippen LogP contribution in [0.1, 0.15) is 0 Å². The summed E-state index contributed by atoms with van der Waals surface area (Å²) in [5.74, 6) is 0. The molecule has 0 bridgehead atoms. The fourth-order valence-electron chi connectivity index (χ4n) is 0.933. The molecule has 0 amide bonds. The normalized spacial score (nSPS) is 10.3. The zero-order valence-electron chi connectivity index (χ0n) is 5.60. The predicted molar refractivity (Wildman–Crippen MR) is 43.5 cm³/mol. The van der Waals surface area contributed by atoms with Gasteiger partial charge in [-0.2, -0.15) is 5.10 Å². The van der Waals surface area contributed by atoms with Crippen molar-refractivity contribution in [3.8, 4) is 0 Å². The first-order valence-corrected chi connectivity index (χ1v) is 3.54. The van der Waals surface area contributed by atoms with Gasteiger partial charge in [0.1, 0.15) is 11.8 Å². The highest BCUT2D eigenvalue weighted by Crippen LogP contribution is 2.15. The van der Waals surface area contributed by atoms with E-state index in [9.17, 15) is 0 Å². The lowest BCUT2D eigenvalue weighted by Gasteiger charge is -1.98. The molecule has 0 saturated carbocycles. The maximum Gasteiger partial charge on any atom is 0.117 e. The van der Waals surface area contributed by atoms with Crippen LogP contribution in [-0.4, -0.2) is 14.6 Å². The summed E-state index contributed by atoms with van der Waals surface area (Å²) >= 11 is 0. The molecule has 11 heavy (non-hydrogen) atoms. The third-order valence-corrected chi connectivity index (χ3v) is 1.69. The second-order valence-electron chi connectivity index (χ2n) is 2.08. The molecule has 1 N–H and O–H groups in total. The van der Waals surface area contributed by atoms with Crippen molar-refractivity contribution < 1.29 is 0 Å². The Balaban J connectivity index is 2.79. The molecule has 2 aromatic heterocycles. The first-order valence-electron chi connectivity index (χ1n) is 3.09. The van der Waals surface area contributed by atoms with E-state index in [-0.39, 0.29) is 0 Å². The summed E-state index contributed by atoms with van der Waals surface area (Å²) < 4.78 is 1.68. The van der Waals surface area contributed by atoms with E-state index in [0.717, 1.165) is 11.2 Å². The third-order valence-electron chi connectivity index (χ3n) is 1.45. The highest BCUT2D eigenvalue weighted by Gasteiger charge is 1.97. The molecule has 2 heterocycles. The summed E-state index contributed by atoms with van der Waals surface area (Å²) in [7, 11) is 3.94. The summed E-state index contributed by atoms with van der Waals surface area (Å²) in [6.07, 6.45) is 5.06. The molecular weight excluding hydrogens is 159 g/mol. The highest BCUT2D eigenvalue weighted by molar-refractivity contribution is 7.18. The highest BCUT2D eigenvalue weighted by atomic mass is 31.0. The van der Waals surface area contributed by atoms with Crippen molar-refractivity contribution in [2.45, 2.75) is 0 Å². The molecule has 0 saturated heterocycles. The number of hydrogen-bond acceptors (Lipinski definition) is 3. The van der Waals surface area contributed by atoms with Crippen molar-refractivity contribution in [3.05, 3.63) is 24.8 Å². The minimum absolute atomic E-state index is 0.904. The quantitative estimate of drug-likeness (QED) is 0.649. The number of hydrogen-bond donors (Lipinski definition) is 1. The second kappa shape index (κ2) is 2.47. The summed E-state index contributed by atoms with van der Waals surface area (Å²) in [5, 5.41) is 6.78. The van der Waals surface area contributed by atoms with Crippen LogP contribution in [0.4, 0.5) is 5.69 Å². The zero-order chi connectivity index (χ0) is 7.68. The van der Waals surface area contributed by atoms with Gasteiger partial charge in [0.05, 0.1) is 27.5 Å². The van der Waals surface area contributed by atoms with E-state index in [2.05, 4.69) is 24.6 Å². The Morgan fingerprint density at radius 3 is 3.27 bits per heavy atom. The zero-order valence-corrected chi connectivity index (χ0v) is 6.49. The molecule has 2 aromatic rings. The fraction of sp³-hybridized carbons (Fsp3) is 0. The maximum absolute atomic E-state index is 4.03. The molecular formula is C6H5N4P. The average Bonchev–Trinajstić information content (AvgIpc) is 2.50. The van der Waals surface area contributed by atoms with E-state index in [1.165, 1.54) is 0 Å². The first kappa shape index (κ1) is 6.55. The Morgan fingerprint density at radius 2 is 2.45 bits per heavy atom. The number of anilines is 1. The topological polar surface area (TPSA) is 42.2 Å². The number of imidazole rings is 1. The summed E-state index contributed by atoms with van der Waals surface area (Å²) in [5.41, 5.74) is 1.82. The van der Waals surface area contributed by atoms with Crippen LogP contribution in [0, 0.1) is 0 Å². The van der Waals surface area contributed by atoms with Crippen molar-refractivity contribution in [3.63, 3.8) is 0 Å². The van der Waals surface area contributed by atoms with E-state index in [0.29, 0.717) is 0 Å². The minimum Gasteiger partial charge on any atom is -0.352 e. The van der Waals surface area contributed by atoms with Gasteiger partial charge < -0.3 is 5.09 Å². The SMILES string of the molecule is [P]Nc1ccnn2cncc12. The Morgan fingerprint density at radius 1 is 1.55 bits per heavy atom. The van der Waals surface area contributed by atoms with Gasteiger partial charge in [0.2, 0.25) is 0 Å². The van der Waals surface area contributed by atoms with Crippen molar-refractivity contribution in [2.75, 3.05) is 5.09 Å². The number of rotatable bonds is 1. The van der Waals surface area contributed by atoms with Crippen molar-refractivity contribution >= 4 is 20.6 Å². The molecule has 0 fully saturated rings.